The maximum absolute atomic E-state index is 11.0. The molecule has 0 radical (unpaired) electrons. The molecule has 0 N–H and O–H groups in total. The Bertz CT molecular complexity index is 334. The molecule has 1 aromatic heterocycles. The highest BCUT2D eigenvalue weighted by Crippen LogP contribution is 2.34. The Kier molecular flexibility index (Phi) is 1.69. The smallest absolute Gasteiger partial charge is 0.232 e. The highest BCUT2D eigenvalue weighted by atomic mass is 16.3. The monoisotopic (exact) mass is 179 g/mol. The number of hydrogen-bond donors (Lipinski definition) is 0. The van der Waals surface area contributed by atoms with E-state index in [4.69, 9.17) is 4.42 Å². The predicted molar refractivity (Wildman–Crippen MR) is 43.6 cm³/mol. The van der Waals surface area contributed by atoms with Crippen LogP contribution in [0.25, 0.3) is 0 Å². The van der Waals surface area contributed by atoms with Gasteiger partial charge in [-0.1, -0.05) is 0 Å². The van der Waals surface area contributed by atoms with Gasteiger partial charge in [-0.15, -0.1) is 0 Å². The molecule has 4 heteroatoms. The number of imide groups is 1. The largest absolute Gasteiger partial charge is 0.467 e. The summed E-state index contributed by atoms with van der Waals surface area (Å²) in [6, 6.07) is 3.34. The molecule has 2 rings (SSSR count). The molecular formula is C9H9NO3. The van der Waals surface area contributed by atoms with Gasteiger partial charge in [-0.05, 0) is 12.1 Å². The van der Waals surface area contributed by atoms with Crippen LogP contribution in [0.3, 0.4) is 0 Å². The molecular weight excluding hydrogens is 170 g/mol. The van der Waals surface area contributed by atoms with Gasteiger partial charge in [-0.2, -0.15) is 0 Å². The molecule has 1 aliphatic rings. The molecule has 68 valence electrons. The number of furan rings is 1. The van der Waals surface area contributed by atoms with Crippen molar-refractivity contribution in [3.63, 3.8) is 0 Å². The van der Waals surface area contributed by atoms with E-state index in [1.54, 1.807) is 12.1 Å². The molecule has 2 amide bonds. The van der Waals surface area contributed by atoms with Crippen LogP contribution in [0.1, 0.15) is 25.1 Å². The Hall–Kier alpha value is -1.58. The third-order valence-electron chi connectivity index (χ3n) is 2.16. The number of hydrogen-bond acceptors (Lipinski definition) is 3. The number of carbonyl (C=O) groups is 2. The first kappa shape index (κ1) is 8.04. The van der Waals surface area contributed by atoms with Crippen molar-refractivity contribution in [2.24, 2.45) is 0 Å². The molecule has 1 aliphatic heterocycles. The van der Waals surface area contributed by atoms with Crippen LogP contribution >= 0.6 is 0 Å². The van der Waals surface area contributed by atoms with Crippen LogP contribution in [0, 0.1) is 0 Å². The van der Waals surface area contributed by atoms with Crippen molar-refractivity contribution in [2.75, 3.05) is 0 Å². The second-order valence-corrected chi connectivity index (χ2v) is 3.02. The first-order chi connectivity index (χ1) is 6.20. The summed E-state index contributed by atoms with van der Waals surface area (Å²) < 4.78 is 5.12. The first-order valence-corrected chi connectivity index (χ1v) is 4.06. The number of nitrogens with zero attached hydrogens (tertiary/aromatic N) is 1. The van der Waals surface area contributed by atoms with Crippen LogP contribution < -0.4 is 0 Å². The minimum absolute atomic E-state index is 0.131. The SMILES string of the molecule is CC(=O)N1C(=O)C[C@@H]1c1ccco1. The highest BCUT2D eigenvalue weighted by Gasteiger charge is 2.41. The molecule has 0 spiro atoms. The maximum atomic E-state index is 11.0. The van der Waals surface area contributed by atoms with Crippen molar-refractivity contribution in [3.05, 3.63) is 24.2 Å². The van der Waals surface area contributed by atoms with Gasteiger partial charge in [0, 0.05) is 6.92 Å². The minimum atomic E-state index is -0.224. The molecule has 0 saturated carbocycles. The van der Waals surface area contributed by atoms with Crippen LogP contribution in [0.15, 0.2) is 22.8 Å². The number of likely N-dealkylation sites (tertiary alicyclic amines) is 1. The molecule has 13 heavy (non-hydrogen) atoms. The van der Waals surface area contributed by atoms with E-state index >= 15 is 0 Å². The van der Waals surface area contributed by atoms with Gasteiger partial charge in [-0.25, -0.2) is 0 Å². The van der Waals surface area contributed by atoms with Gasteiger partial charge >= 0.3 is 0 Å². The zero-order valence-corrected chi connectivity index (χ0v) is 7.19. The van der Waals surface area contributed by atoms with E-state index in [1.165, 1.54) is 18.1 Å². The second-order valence-electron chi connectivity index (χ2n) is 3.02. The van der Waals surface area contributed by atoms with Gasteiger partial charge in [-0.3, -0.25) is 14.5 Å². The number of carbonyl (C=O) groups excluding carboxylic acids is 2. The quantitative estimate of drug-likeness (QED) is 0.606. The van der Waals surface area contributed by atoms with Gasteiger partial charge in [0.15, 0.2) is 0 Å². The average Bonchev–Trinajstić information content (AvgIpc) is 2.50. The average molecular weight is 179 g/mol. The molecule has 1 fully saturated rings. The predicted octanol–water partition coefficient (Wildman–Crippen LogP) is 1.10. The molecule has 1 atom stereocenters. The first-order valence-electron chi connectivity index (χ1n) is 4.06. The normalized spacial score (nSPS) is 21.5. The Morgan fingerprint density at radius 1 is 1.69 bits per heavy atom. The van der Waals surface area contributed by atoms with E-state index in [2.05, 4.69) is 0 Å². The molecule has 0 aliphatic carbocycles. The Labute approximate surface area is 75.1 Å². The Balaban J connectivity index is 2.20. The van der Waals surface area contributed by atoms with Crippen molar-refractivity contribution in [1.29, 1.82) is 0 Å². The standard InChI is InChI=1S/C9H9NO3/c1-6(11)10-7(5-9(10)12)8-3-2-4-13-8/h2-4,7H,5H2,1H3/t7-/m1/s1. The summed E-state index contributed by atoms with van der Waals surface area (Å²) in [5, 5.41) is 0. The molecule has 4 nitrogen and oxygen atoms in total. The van der Waals surface area contributed by atoms with E-state index in [9.17, 15) is 9.59 Å². The van der Waals surface area contributed by atoms with Crippen molar-refractivity contribution in [2.45, 2.75) is 19.4 Å². The van der Waals surface area contributed by atoms with Crippen LogP contribution in [0.2, 0.25) is 0 Å². The van der Waals surface area contributed by atoms with Crippen LogP contribution in [0.4, 0.5) is 0 Å². The highest BCUT2D eigenvalue weighted by molar-refractivity contribution is 5.99. The second kappa shape index (κ2) is 2.73. The fourth-order valence-corrected chi connectivity index (χ4v) is 1.52. The van der Waals surface area contributed by atoms with Crippen LogP contribution in [-0.2, 0) is 9.59 Å². The fourth-order valence-electron chi connectivity index (χ4n) is 1.52. The third kappa shape index (κ3) is 1.14. The van der Waals surface area contributed by atoms with E-state index < -0.39 is 0 Å². The van der Waals surface area contributed by atoms with Crippen molar-refractivity contribution in [3.8, 4) is 0 Å². The summed E-state index contributed by atoms with van der Waals surface area (Å²) in [5.41, 5.74) is 0. The zero-order valence-electron chi connectivity index (χ0n) is 7.19. The summed E-state index contributed by atoms with van der Waals surface area (Å²) in [4.78, 5) is 23.3. The van der Waals surface area contributed by atoms with Crippen molar-refractivity contribution >= 4 is 11.8 Å². The molecule has 1 saturated heterocycles. The number of rotatable bonds is 1. The van der Waals surface area contributed by atoms with Crippen molar-refractivity contribution in [1.82, 2.24) is 4.90 Å². The number of amides is 2. The molecule has 2 heterocycles. The van der Waals surface area contributed by atoms with Crippen molar-refractivity contribution < 1.29 is 14.0 Å². The lowest BCUT2D eigenvalue weighted by Gasteiger charge is -2.36. The summed E-state index contributed by atoms with van der Waals surface area (Å²) in [6.07, 6.45) is 1.91. The van der Waals surface area contributed by atoms with E-state index in [0.717, 1.165) is 0 Å². The van der Waals surface area contributed by atoms with Gasteiger partial charge in [0.1, 0.15) is 11.8 Å². The van der Waals surface area contributed by atoms with Crippen LogP contribution in [-0.4, -0.2) is 16.7 Å². The lowest BCUT2D eigenvalue weighted by molar-refractivity contribution is -0.158. The van der Waals surface area contributed by atoms with Gasteiger partial charge in [0.2, 0.25) is 11.8 Å². The lowest BCUT2D eigenvalue weighted by atomic mass is 9.99. The van der Waals surface area contributed by atoms with Gasteiger partial charge < -0.3 is 4.42 Å². The Morgan fingerprint density at radius 3 is 2.92 bits per heavy atom. The summed E-state index contributed by atoms with van der Waals surface area (Å²) in [7, 11) is 0. The number of β-lactam (4-membered cyclic amide) rings is 1. The van der Waals surface area contributed by atoms with E-state index in [-0.39, 0.29) is 17.9 Å². The summed E-state index contributed by atoms with van der Waals surface area (Å²) >= 11 is 0. The Morgan fingerprint density at radius 2 is 2.46 bits per heavy atom. The summed E-state index contributed by atoms with van der Waals surface area (Å²) in [6.45, 7) is 1.38. The lowest BCUT2D eigenvalue weighted by Crippen LogP contribution is -2.48. The van der Waals surface area contributed by atoms with Gasteiger partial charge in [0.05, 0.1) is 12.7 Å². The molecule has 0 bridgehead atoms. The molecule has 1 aromatic rings. The van der Waals surface area contributed by atoms with E-state index in [1.807, 2.05) is 0 Å². The zero-order chi connectivity index (χ0) is 9.42. The third-order valence-corrected chi connectivity index (χ3v) is 2.16. The molecule has 0 aromatic carbocycles. The fraction of sp³-hybridized carbons (Fsp3) is 0.333. The van der Waals surface area contributed by atoms with Gasteiger partial charge in [0.25, 0.3) is 0 Å². The van der Waals surface area contributed by atoms with E-state index in [0.29, 0.717) is 12.2 Å². The summed E-state index contributed by atoms with van der Waals surface area (Å²) in [5.74, 6) is 0.321. The topological polar surface area (TPSA) is 50.5 Å². The maximum Gasteiger partial charge on any atom is 0.232 e. The molecule has 0 unspecified atom stereocenters. The van der Waals surface area contributed by atoms with Crippen LogP contribution in [0.5, 0.6) is 0 Å². The minimum Gasteiger partial charge on any atom is -0.467 e.